The molecule has 28 heavy (non-hydrogen) atoms. The molecule has 0 aromatic heterocycles. The monoisotopic (exact) mass is 399 g/mol. The van der Waals surface area contributed by atoms with E-state index < -0.39 is 10.0 Å². The third-order valence-electron chi connectivity index (χ3n) is 5.28. The predicted molar refractivity (Wildman–Crippen MR) is 107 cm³/mol. The van der Waals surface area contributed by atoms with Crippen molar-refractivity contribution in [3.8, 4) is 0 Å². The molecule has 0 saturated carbocycles. The number of hydrogen-bond donors (Lipinski definition) is 2. The lowest BCUT2D eigenvalue weighted by molar-refractivity contribution is -0.117. The number of sulfonamides is 1. The highest BCUT2D eigenvalue weighted by atomic mass is 32.2. The fourth-order valence-electron chi connectivity index (χ4n) is 3.76. The van der Waals surface area contributed by atoms with Gasteiger partial charge in [-0.1, -0.05) is 0 Å². The van der Waals surface area contributed by atoms with Gasteiger partial charge < -0.3 is 10.2 Å². The average Bonchev–Trinajstić information content (AvgIpc) is 2.94. The van der Waals surface area contributed by atoms with Crippen molar-refractivity contribution in [3.05, 3.63) is 47.5 Å². The van der Waals surface area contributed by atoms with Gasteiger partial charge in [0.15, 0.2) is 0 Å². The van der Waals surface area contributed by atoms with Crippen LogP contribution in [0.25, 0.3) is 0 Å². The van der Waals surface area contributed by atoms with Crippen molar-refractivity contribution in [2.45, 2.75) is 37.5 Å². The number of anilines is 3. The van der Waals surface area contributed by atoms with Gasteiger partial charge in [-0.2, -0.15) is 0 Å². The maximum absolute atomic E-state index is 12.9. The smallest absolute Gasteiger partial charge is 0.261 e. The highest BCUT2D eigenvalue weighted by Crippen LogP contribution is 2.35. The molecule has 2 aromatic rings. The number of hydrogen-bond acceptors (Lipinski definition) is 4. The van der Waals surface area contributed by atoms with Crippen LogP contribution in [0.5, 0.6) is 0 Å². The molecule has 8 heteroatoms. The molecule has 2 aliphatic heterocycles. The minimum Gasteiger partial charge on any atom is -0.325 e. The van der Waals surface area contributed by atoms with Crippen LogP contribution in [0.4, 0.5) is 17.1 Å². The van der Waals surface area contributed by atoms with Gasteiger partial charge in [0, 0.05) is 30.5 Å². The van der Waals surface area contributed by atoms with Crippen LogP contribution in [0.2, 0.25) is 0 Å². The van der Waals surface area contributed by atoms with Crippen molar-refractivity contribution >= 4 is 38.9 Å². The second-order valence-corrected chi connectivity index (χ2v) is 8.87. The van der Waals surface area contributed by atoms with Crippen LogP contribution < -0.4 is 14.9 Å². The zero-order chi connectivity index (χ0) is 20.1. The van der Waals surface area contributed by atoms with Crippen LogP contribution in [0.1, 0.15) is 37.3 Å². The number of carbonyl (C=O) groups is 2. The standard InChI is InChI=1S/C20H21N3O4S/c1-12-17-11-15(5-7-18(17)21-20(12)25)22-28(26,27)16-6-8-19-14(10-16)4-3-9-23(19)13(2)24/h5-8,10-12,22H,3-4,9H2,1-2H3,(H,21,25). The number of benzene rings is 2. The van der Waals surface area contributed by atoms with E-state index in [1.807, 2.05) is 0 Å². The van der Waals surface area contributed by atoms with E-state index in [1.54, 1.807) is 42.2 Å². The van der Waals surface area contributed by atoms with E-state index in [0.717, 1.165) is 29.7 Å². The van der Waals surface area contributed by atoms with Gasteiger partial charge in [0.1, 0.15) is 0 Å². The Hall–Kier alpha value is -2.87. The first kappa shape index (κ1) is 18.5. The van der Waals surface area contributed by atoms with Gasteiger partial charge >= 0.3 is 0 Å². The molecule has 0 aliphatic carbocycles. The third kappa shape index (κ3) is 3.13. The normalized spacial score (nSPS) is 18.3. The lowest BCUT2D eigenvalue weighted by Crippen LogP contribution is -2.33. The molecule has 1 atom stereocenters. The largest absolute Gasteiger partial charge is 0.325 e. The van der Waals surface area contributed by atoms with Gasteiger partial charge in [-0.25, -0.2) is 8.42 Å². The van der Waals surface area contributed by atoms with Crippen LogP contribution in [0.15, 0.2) is 41.3 Å². The topological polar surface area (TPSA) is 95.6 Å². The Morgan fingerprint density at radius 3 is 2.75 bits per heavy atom. The summed E-state index contributed by atoms with van der Waals surface area (Å²) < 4.78 is 28.3. The van der Waals surface area contributed by atoms with Gasteiger partial charge in [-0.05, 0) is 67.3 Å². The Morgan fingerprint density at radius 2 is 2.00 bits per heavy atom. The number of nitrogens with zero attached hydrogens (tertiary/aromatic N) is 1. The lowest BCUT2D eigenvalue weighted by atomic mass is 10.0. The minimum atomic E-state index is -3.79. The summed E-state index contributed by atoms with van der Waals surface area (Å²) in [5.74, 6) is -0.467. The molecule has 0 spiro atoms. The number of carbonyl (C=O) groups excluding carboxylic acids is 2. The van der Waals surface area contributed by atoms with Crippen LogP contribution >= 0.6 is 0 Å². The number of nitrogens with one attached hydrogen (secondary N) is 2. The average molecular weight is 399 g/mol. The first-order valence-corrected chi connectivity index (χ1v) is 10.6. The van der Waals surface area contributed by atoms with E-state index in [1.165, 1.54) is 13.0 Å². The molecule has 4 rings (SSSR count). The van der Waals surface area contributed by atoms with Gasteiger partial charge in [0.25, 0.3) is 10.0 Å². The van der Waals surface area contributed by atoms with Crippen LogP contribution in [-0.4, -0.2) is 26.8 Å². The summed E-state index contributed by atoms with van der Waals surface area (Å²) >= 11 is 0. The maximum Gasteiger partial charge on any atom is 0.261 e. The summed E-state index contributed by atoms with van der Waals surface area (Å²) in [6.07, 6.45) is 1.53. The molecule has 2 N–H and O–H groups in total. The van der Waals surface area contributed by atoms with Crippen molar-refractivity contribution in [2.75, 3.05) is 21.5 Å². The molecule has 0 fully saturated rings. The van der Waals surface area contributed by atoms with Crippen molar-refractivity contribution < 1.29 is 18.0 Å². The van der Waals surface area contributed by atoms with Gasteiger partial charge in [-0.15, -0.1) is 0 Å². The lowest BCUT2D eigenvalue weighted by Gasteiger charge is -2.28. The Labute approximate surface area is 163 Å². The Balaban J connectivity index is 1.63. The molecule has 1 unspecified atom stereocenters. The van der Waals surface area contributed by atoms with E-state index >= 15 is 0 Å². The Kier molecular flexibility index (Phi) is 4.38. The highest BCUT2D eigenvalue weighted by Gasteiger charge is 2.27. The molecule has 2 aliphatic rings. The predicted octanol–water partition coefficient (Wildman–Crippen LogP) is 2.84. The van der Waals surface area contributed by atoms with Crippen molar-refractivity contribution in [1.29, 1.82) is 0 Å². The number of aryl methyl sites for hydroxylation is 1. The van der Waals surface area contributed by atoms with Crippen molar-refractivity contribution in [2.24, 2.45) is 0 Å². The first-order valence-electron chi connectivity index (χ1n) is 9.15. The summed E-state index contributed by atoms with van der Waals surface area (Å²) in [6.45, 7) is 3.94. The quantitative estimate of drug-likeness (QED) is 0.830. The van der Waals surface area contributed by atoms with Crippen molar-refractivity contribution in [1.82, 2.24) is 0 Å². The van der Waals surface area contributed by atoms with Gasteiger partial charge in [0.2, 0.25) is 11.8 Å². The molecule has 2 amide bonds. The van der Waals surface area contributed by atoms with Crippen LogP contribution in [0, 0.1) is 0 Å². The molecule has 0 radical (unpaired) electrons. The first-order chi connectivity index (χ1) is 13.3. The second kappa shape index (κ2) is 6.63. The zero-order valence-corrected chi connectivity index (χ0v) is 16.5. The summed E-state index contributed by atoms with van der Waals surface area (Å²) in [7, 11) is -3.79. The molecule has 146 valence electrons. The maximum atomic E-state index is 12.9. The number of amides is 2. The Morgan fingerprint density at radius 1 is 1.21 bits per heavy atom. The fraction of sp³-hybridized carbons (Fsp3) is 0.300. The molecular formula is C20H21N3O4S. The van der Waals surface area contributed by atoms with Gasteiger partial charge in [0.05, 0.1) is 10.8 Å². The molecule has 0 bridgehead atoms. The number of fused-ring (bicyclic) bond motifs is 2. The van der Waals surface area contributed by atoms with E-state index in [4.69, 9.17) is 0 Å². The minimum absolute atomic E-state index is 0.0508. The van der Waals surface area contributed by atoms with Gasteiger partial charge in [-0.3, -0.25) is 14.3 Å². The van der Waals surface area contributed by atoms with E-state index in [0.29, 0.717) is 17.9 Å². The summed E-state index contributed by atoms with van der Waals surface area (Å²) in [4.78, 5) is 25.4. The summed E-state index contributed by atoms with van der Waals surface area (Å²) in [6, 6.07) is 9.86. The molecule has 0 saturated heterocycles. The third-order valence-corrected chi connectivity index (χ3v) is 6.66. The Bertz CT molecular complexity index is 1090. The van der Waals surface area contributed by atoms with Crippen LogP contribution in [-0.2, 0) is 26.0 Å². The van der Waals surface area contributed by atoms with E-state index in [-0.39, 0.29) is 22.6 Å². The second-order valence-electron chi connectivity index (χ2n) is 7.18. The summed E-state index contributed by atoms with van der Waals surface area (Å²) in [5.41, 5.74) is 3.51. The van der Waals surface area contributed by atoms with E-state index in [9.17, 15) is 18.0 Å². The van der Waals surface area contributed by atoms with Crippen molar-refractivity contribution in [3.63, 3.8) is 0 Å². The molecule has 7 nitrogen and oxygen atoms in total. The molecular weight excluding hydrogens is 378 g/mol. The molecule has 2 heterocycles. The SMILES string of the molecule is CC(=O)N1CCCc2cc(S(=O)(=O)Nc3ccc4c(c3)C(C)C(=O)N4)ccc21. The highest BCUT2D eigenvalue weighted by molar-refractivity contribution is 7.92. The summed E-state index contributed by atoms with van der Waals surface area (Å²) in [5, 5.41) is 2.77. The van der Waals surface area contributed by atoms with Crippen LogP contribution in [0.3, 0.4) is 0 Å². The fourth-order valence-corrected chi connectivity index (χ4v) is 4.86. The molecule has 2 aromatic carbocycles. The van der Waals surface area contributed by atoms with E-state index in [2.05, 4.69) is 10.0 Å². The zero-order valence-electron chi connectivity index (χ0n) is 15.7. The number of rotatable bonds is 3.